The predicted molar refractivity (Wildman–Crippen MR) is 247 cm³/mol. The molecule has 336 valence electrons. The third kappa shape index (κ3) is 39.7. The predicted octanol–water partition coefficient (Wildman–Crippen LogP) is 12.9. The maximum atomic E-state index is 12.7. The van der Waals surface area contributed by atoms with E-state index in [1.165, 1.54) is 57.8 Å². The smallest absolute Gasteiger partial charge is 0.362 e. The number of nitrogens with zero attached hydrogens (tertiary/aromatic N) is 1. The van der Waals surface area contributed by atoms with E-state index >= 15 is 0 Å². The fourth-order valence-corrected chi connectivity index (χ4v) is 6.23. The molecule has 0 rings (SSSR count). The number of likely N-dealkylation sites (N-methyl/N-ethyl adjacent to an activating group) is 1. The van der Waals surface area contributed by atoms with E-state index in [4.69, 9.17) is 14.2 Å². The minimum atomic E-state index is -0.890. The highest BCUT2D eigenvalue weighted by Crippen LogP contribution is 2.13. The number of aliphatic carboxylic acids is 1. The van der Waals surface area contributed by atoms with Crippen molar-refractivity contribution in [3.63, 3.8) is 0 Å². The second kappa shape index (κ2) is 41.3. The van der Waals surface area contributed by atoms with Crippen LogP contribution in [0.15, 0.2) is 85.1 Å². The van der Waals surface area contributed by atoms with Crippen LogP contribution in [0.25, 0.3) is 0 Å². The molecule has 1 N–H and O–H groups in total. The first-order valence-electron chi connectivity index (χ1n) is 23.1. The summed E-state index contributed by atoms with van der Waals surface area (Å²) in [6, 6.07) is -0.633. The Bertz CT molecular complexity index is 1240. The second-order valence-corrected chi connectivity index (χ2v) is 16.3. The first-order chi connectivity index (χ1) is 28.6. The Morgan fingerprint density at radius 2 is 0.983 bits per heavy atom. The molecule has 0 aromatic carbocycles. The molecule has 2 atom stereocenters. The van der Waals surface area contributed by atoms with Crippen molar-refractivity contribution in [2.24, 2.45) is 0 Å². The van der Waals surface area contributed by atoms with Gasteiger partial charge in [-0.2, -0.15) is 0 Å². The van der Waals surface area contributed by atoms with Crippen molar-refractivity contribution in [3.05, 3.63) is 85.1 Å². The van der Waals surface area contributed by atoms with Crippen LogP contribution in [0.5, 0.6) is 0 Å². The molecule has 0 aromatic heterocycles. The molecule has 59 heavy (non-hydrogen) atoms. The molecule has 0 saturated heterocycles. The van der Waals surface area contributed by atoms with E-state index in [2.05, 4.69) is 86.8 Å². The first kappa shape index (κ1) is 55.5. The van der Waals surface area contributed by atoms with Crippen LogP contribution in [0.1, 0.15) is 168 Å². The summed E-state index contributed by atoms with van der Waals surface area (Å²) in [7, 11) is 5.49. The molecule has 0 spiro atoms. The summed E-state index contributed by atoms with van der Waals surface area (Å²) in [6.45, 7) is 4.52. The van der Waals surface area contributed by atoms with E-state index in [1.54, 1.807) is 0 Å². The Labute approximate surface area is 361 Å². The summed E-state index contributed by atoms with van der Waals surface area (Å²) in [5.74, 6) is -1.59. The van der Waals surface area contributed by atoms with E-state index in [9.17, 15) is 19.5 Å². The van der Waals surface area contributed by atoms with Gasteiger partial charge in [0.15, 0.2) is 12.1 Å². The standard InChI is InChI=1S/C51H85NO7/c1-6-8-10-12-14-16-18-20-22-24-25-26-28-30-32-34-36-38-40-42-50(54)59-47(45-57-44-43-48(51(55)56)52(3,4)5)46-58-49(53)41-39-37-35-33-31-29-27-23-21-19-17-15-13-11-9-7-2/h8,10,14,16,20,22-23,25-27,30,32,36,38,47-48H,6-7,9,11-13,15,17-19,21,24,28-29,31,33-35,37,39-46H2,1-5H3/p+1/b10-8-,16-14-,22-20-,26-25-,27-23-,32-30-,38-36-. The molecule has 0 aliphatic heterocycles. The third-order valence-corrected chi connectivity index (χ3v) is 9.79. The summed E-state index contributed by atoms with van der Waals surface area (Å²) in [6.07, 6.45) is 53.6. The molecular formula is C51H86NO7+. The monoisotopic (exact) mass is 825 g/mol. The van der Waals surface area contributed by atoms with Crippen LogP contribution in [-0.4, -0.2) is 80.6 Å². The lowest BCUT2D eigenvalue weighted by molar-refractivity contribution is -0.887. The Morgan fingerprint density at radius 1 is 0.525 bits per heavy atom. The van der Waals surface area contributed by atoms with Crippen molar-refractivity contribution >= 4 is 17.9 Å². The lowest BCUT2D eigenvalue weighted by Gasteiger charge is -2.31. The highest BCUT2D eigenvalue weighted by Gasteiger charge is 2.31. The maximum absolute atomic E-state index is 12.7. The van der Waals surface area contributed by atoms with E-state index < -0.39 is 24.1 Å². The van der Waals surface area contributed by atoms with Crippen molar-refractivity contribution in [2.45, 2.75) is 180 Å². The lowest BCUT2D eigenvalue weighted by atomic mass is 10.1. The number of ether oxygens (including phenoxy) is 3. The molecule has 0 aliphatic rings. The molecular weight excluding hydrogens is 739 g/mol. The van der Waals surface area contributed by atoms with Gasteiger partial charge in [-0.15, -0.1) is 0 Å². The van der Waals surface area contributed by atoms with Gasteiger partial charge in [-0.05, 0) is 77.0 Å². The zero-order valence-corrected chi connectivity index (χ0v) is 38.2. The third-order valence-electron chi connectivity index (χ3n) is 9.79. The number of allylic oxidation sites excluding steroid dienone is 14. The summed E-state index contributed by atoms with van der Waals surface area (Å²) in [5, 5.41) is 9.63. The van der Waals surface area contributed by atoms with E-state index in [-0.39, 0.29) is 36.7 Å². The molecule has 8 nitrogen and oxygen atoms in total. The number of carboxylic acid groups (broad SMARTS) is 1. The number of carboxylic acids is 1. The molecule has 0 heterocycles. The summed E-state index contributed by atoms with van der Waals surface area (Å²) < 4.78 is 17.2. The lowest BCUT2D eigenvalue weighted by Crippen LogP contribution is -2.50. The van der Waals surface area contributed by atoms with Crippen molar-refractivity contribution in [3.8, 4) is 0 Å². The number of carbonyl (C=O) groups is 3. The van der Waals surface area contributed by atoms with Gasteiger partial charge in [-0.1, -0.05) is 157 Å². The normalized spacial score (nSPS) is 13.7. The van der Waals surface area contributed by atoms with Crippen LogP contribution < -0.4 is 0 Å². The fourth-order valence-electron chi connectivity index (χ4n) is 6.23. The molecule has 0 fully saturated rings. The van der Waals surface area contributed by atoms with Crippen LogP contribution >= 0.6 is 0 Å². The zero-order valence-electron chi connectivity index (χ0n) is 38.2. The molecule has 0 radical (unpaired) electrons. The number of quaternary nitrogens is 1. The maximum Gasteiger partial charge on any atom is 0.362 e. The quantitative estimate of drug-likeness (QED) is 0.0284. The van der Waals surface area contributed by atoms with Crippen LogP contribution in [0.3, 0.4) is 0 Å². The number of hydrogen-bond donors (Lipinski definition) is 1. The molecule has 0 saturated carbocycles. The Kier molecular flexibility index (Phi) is 38.8. The molecule has 0 aliphatic carbocycles. The van der Waals surface area contributed by atoms with Gasteiger partial charge in [0.25, 0.3) is 0 Å². The van der Waals surface area contributed by atoms with Crippen LogP contribution in [0.2, 0.25) is 0 Å². The van der Waals surface area contributed by atoms with Crippen LogP contribution in [0.4, 0.5) is 0 Å². The first-order valence-corrected chi connectivity index (χ1v) is 23.1. The van der Waals surface area contributed by atoms with E-state index in [0.717, 1.165) is 70.6 Å². The number of carbonyl (C=O) groups excluding carboxylic acids is 2. The van der Waals surface area contributed by atoms with Gasteiger partial charge in [0.2, 0.25) is 0 Å². The number of esters is 2. The van der Waals surface area contributed by atoms with Gasteiger partial charge >= 0.3 is 17.9 Å². The number of rotatable bonds is 40. The number of unbranched alkanes of at least 4 members (excludes halogenated alkanes) is 12. The summed E-state index contributed by atoms with van der Waals surface area (Å²) in [4.78, 5) is 37.0. The van der Waals surface area contributed by atoms with Gasteiger partial charge in [-0.3, -0.25) is 9.59 Å². The van der Waals surface area contributed by atoms with Crippen molar-refractivity contribution in [2.75, 3.05) is 41.0 Å². The van der Waals surface area contributed by atoms with Crippen molar-refractivity contribution < 1.29 is 38.2 Å². The molecule has 0 bridgehead atoms. The van der Waals surface area contributed by atoms with Gasteiger partial charge in [0, 0.05) is 19.3 Å². The number of hydrogen-bond acceptors (Lipinski definition) is 6. The molecule has 2 unspecified atom stereocenters. The van der Waals surface area contributed by atoms with Crippen molar-refractivity contribution in [1.29, 1.82) is 0 Å². The average molecular weight is 825 g/mol. The average Bonchev–Trinajstić information content (AvgIpc) is 3.19. The van der Waals surface area contributed by atoms with Gasteiger partial charge < -0.3 is 23.8 Å². The molecule has 0 aromatic rings. The summed E-state index contributed by atoms with van der Waals surface area (Å²) in [5.41, 5.74) is 0. The largest absolute Gasteiger partial charge is 0.477 e. The second-order valence-electron chi connectivity index (χ2n) is 16.3. The topological polar surface area (TPSA) is 99.1 Å². The highest BCUT2D eigenvalue weighted by atomic mass is 16.6. The van der Waals surface area contributed by atoms with Crippen LogP contribution in [0, 0.1) is 0 Å². The van der Waals surface area contributed by atoms with Gasteiger partial charge in [0.1, 0.15) is 6.61 Å². The minimum absolute atomic E-state index is 0.0237. The molecule has 0 amide bonds. The molecule has 8 heteroatoms. The Morgan fingerprint density at radius 3 is 1.47 bits per heavy atom. The van der Waals surface area contributed by atoms with Gasteiger partial charge in [0.05, 0.1) is 34.4 Å². The highest BCUT2D eigenvalue weighted by molar-refractivity contribution is 5.72. The minimum Gasteiger partial charge on any atom is -0.477 e. The van der Waals surface area contributed by atoms with E-state index in [1.807, 2.05) is 33.3 Å². The summed E-state index contributed by atoms with van der Waals surface area (Å²) >= 11 is 0. The van der Waals surface area contributed by atoms with Crippen molar-refractivity contribution in [1.82, 2.24) is 0 Å². The van der Waals surface area contributed by atoms with Gasteiger partial charge in [-0.25, -0.2) is 4.79 Å². The Balaban J connectivity index is 4.48. The fraction of sp³-hybridized carbons (Fsp3) is 0.667. The van der Waals surface area contributed by atoms with Crippen LogP contribution in [-0.2, 0) is 28.6 Å². The SMILES string of the molecule is CC/C=C\C/C=C\C/C=C\C/C=C\C/C=C\C/C=C\CCC(=O)OC(COCCC(C(=O)O)[N+](C)(C)C)COC(=O)CCCCCCC/C=C\CCCCCCCCC. The van der Waals surface area contributed by atoms with E-state index in [0.29, 0.717) is 19.3 Å². The Hall–Kier alpha value is -3.49. The zero-order chi connectivity index (χ0) is 43.5.